The monoisotopic (exact) mass is 245 g/mol. The topological polar surface area (TPSA) is 30.7 Å². The fourth-order valence-corrected chi connectivity index (χ4v) is 2.49. The van der Waals surface area contributed by atoms with Crippen LogP contribution in [0.1, 0.15) is 0 Å². The summed E-state index contributed by atoms with van der Waals surface area (Å²) in [6, 6.07) is 16.4. The van der Waals surface area contributed by atoms with Gasteiger partial charge in [-0.05, 0) is 12.1 Å². The van der Waals surface area contributed by atoms with Crippen LogP contribution in [0.15, 0.2) is 67.3 Å². The molecule has 0 aliphatic heterocycles. The highest BCUT2D eigenvalue weighted by Crippen LogP contribution is 2.28. The molecule has 4 aromatic rings. The van der Waals surface area contributed by atoms with Gasteiger partial charge in [0.25, 0.3) is 0 Å². The van der Waals surface area contributed by atoms with E-state index in [9.17, 15) is 0 Å². The van der Waals surface area contributed by atoms with E-state index >= 15 is 0 Å². The third-order valence-electron chi connectivity index (χ3n) is 3.32. The minimum absolute atomic E-state index is 1.00. The van der Waals surface area contributed by atoms with E-state index in [-0.39, 0.29) is 0 Å². The first-order chi connectivity index (χ1) is 9.43. The molecule has 0 fully saturated rings. The van der Waals surface area contributed by atoms with Crippen molar-refractivity contribution < 1.29 is 0 Å². The Hall–Kier alpha value is -2.68. The Morgan fingerprint density at radius 2 is 1.42 bits per heavy atom. The van der Waals surface area contributed by atoms with Crippen molar-refractivity contribution in [3.8, 4) is 5.69 Å². The van der Waals surface area contributed by atoms with Gasteiger partial charge in [-0.1, -0.05) is 36.4 Å². The summed E-state index contributed by atoms with van der Waals surface area (Å²) in [5, 5.41) is 2.28. The van der Waals surface area contributed by atoms with Crippen LogP contribution in [0.25, 0.3) is 27.5 Å². The number of nitrogens with zero attached hydrogens (tertiary/aromatic N) is 3. The Morgan fingerprint density at radius 3 is 2.00 bits per heavy atom. The van der Waals surface area contributed by atoms with E-state index in [1.165, 1.54) is 0 Å². The first kappa shape index (κ1) is 10.3. The zero-order valence-electron chi connectivity index (χ0n) is 10.2. The SMILES string of the molecule is c1ccc2c(-n3ccnc3)c3ccccc3nc2c1. The Bertz CT molecular complexity index is 810. The lowest BCUT2D eigenvalue weighted by Crippen LogP contribution is -1.95. The first-order valence-corrected chi connectivity index (χ1v) is 6.19. The second-order valence-corrected chi connectivity index (χ2v) is 4.46. The Morgan fingerprint density at radius 1 is 0.789 bits per heavy atom. The molecule has 0 atom stereocenters. The largest absolute Gasteiger partial charge is 0.305 e. The minimum Gasteiger partial charge on any atom is -0.305 e. The second-order valence-electron chi connectivity index (χ2n) is 4.46. The van der Waals surface area contributed by atoms with Gasteiger partial charge in [0.2, 0.25) is 0 Å². The number of benzene rings is 2. The molecule has 0 N–H and O–H groups in total. The van der Waals surface area contributed by atoms with E-state index < -0.39 is 0 Å². The van der Waals surface area contributed by atoms with Crippen LogP contribution in [-0.4, -0.2) is 14.5 Å². The molecular formula is C16H11N3. The molecule has 0 aliphatic rings. The molecule has 0 spiro atoms. The maximum atomic E-state index is 4.71. The third-order valence-corrected chi connectivity index (χ3v) is 3.32. The van der Waals surface area contributed by atoms with Gasteiger partial charge in [-0.25, -0.2) is 9.97 Å². The van der Waals surface area contributed by atoms with E-state index in [1.807, 2.05) is 53.5 Å². The number of rotatable bonds is 1. The van der Waals surface area contributed by atoms with Crippen LogP contribution in [0.5, 0.6) is 0 Å². The number of fused-ring (bicyclic) bond motifs is 2. The first-order valence-electron chi connectivity index (χ1n) is 6.19. The number of hydrogen-bond donors (Lipinski definition) is 0. The maximum Gasteiger partial charge on any atom is 0.0992 e. The van der Waals surface area contributed by atoms with Gasteiger partial charge in [0, 0.05) is 23.2 Å². The van der Waals surface area contributed by atoms with Crippen LogP contribution in [0.2, 0.25) is 0 Å². The van der Waals surface area contributed by atoms with Gasteiger partial charge in [-0.3, -0.25) is 0 Å². The summed E-state index contributed by atoms with van der Waals surface area (Å²) >= 11 is 0. The van der Waals surface area contributed by atoms with Crippen LogP contribution in [0.3, 0.4) is 0 Å². The average molecular weight is 245 g/mol. The molecule has 0 bridgehead atoms. The Balaban J connectivity index is 2.27. The number of para-hydroxylation sites is 2. The number of hydrogen-bond acceptors (Lipinski definition) is 2. The molecular weight excluding hydrogens is 234 g/mol. The number of pyridine rings is 1. The summed E-state index contributed by atoms with van der Waals surface area (Å²) in [5.74, 6) is 0. The number of aromatic nitrogens is 3. The van der Waals surface area contributed by atoms with Crippen LogP contribution in [0.4, 0.5) is 0 Å². The molecule has 0 saturated heterocycles. The molecule has 0 radical (unpaired) electrons. The fraction of sp³-hybridized carbons (Fsp3) is 0. The standard InChI is InChI=1S/C16H11N3/c1-3-7-14-12(5-1)16(19-10-9-17-11-19)13-6-2-4-8-15(13)18-14/h1-11H. The minimum atomic E-state index is 1.00. The number of imidazole rings is 1. The lowest BCUT2D eigenvalue weighted by Gasteiger charge is -2.11. The zero-order chi connectivity index (χ0) is 12.7. The molecule has 0 aliphatic carbocycles. The third kappa shape index (κ3) is 1.52. The maximum absolute atomic E-state index is 4.71. The molecule has 2 heterocycles. The molecule has 2 aromatic heterocycles. The van der Waals surface area contributed by atoms with Crippen molar-refractivity contribution in [2.45, 2.75) is 0 Å². The van der Waals surface area contributed by atoms with Gasteiger partial charge >= 0.3 is 0 Å². The van der Waals surface area contributed by atoms with Gasteiger partial charge in [-0.2, -0.15) is 0 Å². The quantitative estimate of drug-likeness (QED) is 0.480. The smallest absolute Gasteiger partial charge is 0.0992 e. The van der Waals surface area contributed by atoms with E-state index in [1.54, 1.807) is 6.20 Å². The van der Waals surface area contributed by atoms with Crippen molar-refractivity contribution in [3.63, 3.8) is 0 Å². The van der Waals surface area contributed by atoms with Gasteiger partial charge in [0.05, 0.1) is 23.0 Å². The normalized spacial score (nSPS) is 11.2. The van der Waals surface area contributed by atoms with Crippen molar-refractivity contribution >= 4 is 21.8 Å². The molecule has 0 unspecified atom stereocenters. The summed E-state index contributed by atoms with van der Waals surface area (Å²) in [5.41, 5.74) is 3.15. The molecule has 19 heavy (non-hydrogen) atoms. The Kier molecular flexibility index (Phi) is 2.12. The van der Waals surface area contributed by atoms with Crippen LogP contribution in [-0.2, 0) is 0 Å². The predicted octanol–water partition coefficient (Wildman–Crippen LogP) is 3.57. The molecule has 0 saturated carbocycles. The molecule has 3 heteroatoms. The summed E-state index contributed by atoms with van der Waals surface area (Å²) in [7, 11) is 0. The zero-order valence-corrected chi connectivity index (χ0v) is 10.2. The van der Waals surface area contributed by atoms with Crippen molar-refractivity contribution in [1.82, 2.24) is 14.5 Å². The lowest BCUT2D eigenvalue weighted by atomic mass is 10.1. The van der Waals surface area contributed by atoms with E-state index in [0.29, 0.717) is 0 Å². The highest BCUT2D eigenvalue weighted by atomic mass is 15.0. The highest BCUT2D eigenvalue weighted by Gasteiger charge is 2.09. The fourth-order valence-electron chi connectivity index (χ4n) is 2.49. The Labute approximate surface area is 110 Å². The van der Waals surface area contributed by atoms with Gasteiger partial charge in [-0.15, -0.1) is 0 Å². The van der Waals surface area contributed by atoms with E-state index in [0.717, 1.165) is 27.5 Å². The summed E-state index contributed by atoms with van der Waals surface area (Å²) < 4.78 is 2.05. The van der Waals surface area contributed by atoms with Gasteiger partial charge in [0.1, 0.15) is 0 Å². The van der Waals surface area contributed by atoms with Crippen LogP contribution < -0.4 is 0 Å². The second kappa shape index (κ2) is 3.92. The van der Waals surface area contributed by atoms with Gasteiger partial charge < -0.3 is 4.57 Å². The molecule has 90 valence electrons. The molecule has 3 nitrogen and oxygen atoms in total. The van der Waals surface area contributed by atoms with Crippen LogP contribution >= 0.6 is 0 Å². The predicted molar refractivity (Wildman–Crippen MR) is 76.4 cm³/mol. The molecule has 4 rings (SSSR count). The average Bonchev–Trinajstić information content (AvgIpc) is 2.98. The lowest BCUT2D eigenvalue weighted by molar-refractivity contribution is 1.08. The molecule has 2 aromatic carbocycles. The van der Waals surface area contributed by atoms with E-state index in [4.69, 9.17) is 4.98 Å². The van der Waals surface area contributed by atoms with Crippen molar-refractivity contribution in [3.05, 3.63) is 67.3 Å². The summed E-state index contributed by atoms with van der Waals surface area (Å²) in [6.07, 6.45) is 5.59. The van der Waals surface area contributed by atoms with Crippen molar-refractivity contribution in [1.29, 1.82) is 0 Å². The van der Waals surface area contributed by atoms with Crippen molar-refractivity contribution in [2.75, 3.05) is 0 Å². The summed E-state index contributed by atoms with van der Waals surface area (Å²) in [6.45, 7) is 0. The molecule has 0 amide bonds. The van der Waals surface area contributed by atoms with Crippen LogP contribution in [0, 0.1) is 0 Å². The van der Waals surface area contributed by atoms with Gasteiger partial charge in [0.15, 0.2) is 0 Å². The van der Waals surface area contributed by atoms with E-state index in [2.05, 4.69) is 17.1 Å². The summed E-state index contributed by atoms with van der Waals surface area (Å²) in [4.78, 5) is 8.87. The highest BCUT2D eigenvalue weighted by molar-refractivity contribution is 6.03. The van der Waals surface area contributed by atoms with Crippen molar-refractivity contribution in [2.24, 2.45) is 0 Å².